The normalized spacial score (nSPS) is 12.7. The average Bonchev–Trinajstić information content (AvgIpc) is 2.99. The van der Waals surface area contributed by atoms with E-state index in [4.69, 9.17) is 4.74 Å². The number of benzene rings is 1. The standard InChI is InChI=1S/C29H29N5O3/c1-5-33-27-24(29(35)32(4)25-9-6-13-30-28(25)33)17-21(18-31-27)12-15-37-26-11-10-22(16-19(26)2)23-8-7-14-34(36)20(23)3/h6-11,13-14,16-18H,5,12,15H2,1-4H3. The SMILES string of the molecule is CCN1c2ncc(CCOc3ccc(-c4ccc[n+]([O-])c4C)cc3C)cc2C(=O)N(C)c2cccnc21. The number of pyridine rings is 3. The summed E-state index contributed by atoms with van der Waals surface area (Å²) in [6.45, 7) is 6.90. The molecule has 1 aliphatic heterocycles. The smallest absolute Gasteiger partial charge is 0.261 e. The summed E-state index contributed by atoms with van der Waals surface area (Å²) >= 11 is 0. The molecule has 0 N–H and O–H groups in total. The van der Waals surface area contributed by atoms with Gasteiger partial charge in [-0.25, -0.2) is 9.97 Å². The summed E-state index contributed by atoms with van der Waals surface area (Å²) in [5.74, 6) is 2.00. The van der Waals surface area contributed by atoms with Crippen molar-refractivity contribution in [3.05, 3.63) is 94.7 Å². The van der Waals surface area contributed by atoms with E-state index in [1.54, 1.807) is 30.4 Å². The van der Waals surface area contributed by atoms with E-state index in [9.17, 15) is 10.0 Å². The van der Waals surface area contributed by atoms with Crippen LogP contribution in [0.4, 0.5) is 17.3 Å². The Hall–Kier alpha value is -4.46. The molecule has 0 bridgehead atoms. The first-order valence-electron chi connectivity index (χ1n) is 12.3. The molecular formula is C29H29N5O3. The second-order valence-corrected chi connectivity index (χ2v) is 9.08. The fourth-order valence-corrected chi connectivity index (χ4v) is 4.69. The second-order valence-electron chi connectivity index (χ2n) is 9.08. The molecule has 5 rings (SSSR count). The van der Waals surface area contributed by atoms with Crippen LogP contribution in [0.2, 0.25) is 0 Å². The Kier molecular flexibility index (Phi) is 6.48. The first-order chi connectivity index (χ1) is 17.9. The van der Waals surface area contributed by atoms with Gasteiger partial charge in [-0.1, -0.05) is 6.07 Å². The molecule has 1 aromatic carbocycles. The number of aromatic nitrogens is 3. The van der Waals surface area contributed by atoms with E-state index in [0.29, 0.717) is 36.6 Å². The Balaban J connectivity index is 1.33. The highest BCUT2D eigenvalue weighted by atomic mass is 16.5. The lowest BCUT2D eigenvalue weighted by Crippen LogP contribution is -2.29. The highest BCUT2D eigenvalue weighted by molar-refractivity contribution is 6.12. The van der Waals surface area contributed by atoms with Gasteiger partial charge in [0.15, 0.2) is 17.7 Å². The number of aryl methyl sites for hydroxylation is 1. The van der Waals surface area contributed by atoms with Crippen molar-refractivity contribution in [3.63, 3.8) is 0 Å². The van der Waals surface area contributed by atoms with Crippen LogP contribution in [0.25, 0.3) is 11.1 Å². The molecule has 0 saturated heterocycles. The van der Waals surface area contributed by atoms with Gasteiger partial charge in [0.2, 0.25) is 0 Å². The third-order valence-corrected chi connectivity index (χ3v) is 6.75. The summed E-state index contributed by atoms with van der Waals surface area (Å²) in [6, 6.07) is 15.3. The van der Waals surface area contributed by atoms with Crippen molar-refractivity contribution in [2.75, 3.05) is 30.0 Å². The predicted octanol–water partition coefficient (Wildman–Crippen LogP) is 4.76. The molecule has 4 aromatic rings. The molecule has 0 aliphatic carbocycles. The molecule has 0 saturated carbocycles. The minimum absolute atomic E-state index is 0.113. The largest absolute Gasteiger partial charge is 0.618 e. The van der Waals surface area contributed by atoms with Gasteiger partial charge in [-0.05, 0) is 66.9 Å². The minimum atomic E-state index is -0.113. The first kappa shape index (κ1) is 24.2. The molecular weight excluding hydrogens is 466 g/mol. The lowest BCUT2D eigenvalue weighted by Gasteiger charge is -2.22. The van der Waals surface area contributed by atoms with Crippen LogP contribution >= 0.6 is 0 Å². The number of hydrogen-bond donors (Lipinski definition) is 0. The number of nitrogens with zero attached hydrogens (tertiary/aromatic N) is 5. The Morgan fingerprint density at radius 3 is 2.65 bits per heavy atom. The summed E-state index contributed by atoms with van der Waals surface area (Å²) < 4.78 is 6.96. The highest BCUT2D eigenvalue weighted by Gasteiger charge is 2.30. The van der Waals surface area contributed by atoms with E-state index in [1.807, 2.05) is 68.1 Å². The number of fused-ring (bicyclic) bond motifs is 2. The maximum absolute atomic E-state index is 13.3. The summed E-state index contributed by atoms with van der Waals surface area (Å²) in [7, 11) is 1.77. The molecule has 8 nitrogen and oxygen atoms in total. The highest BCUT2D eigenvalue weighted by Crippen LogP contribution is 2.37. The molecule has 8 heteroatoms. The third-order valence-electron chi connectivity index (χ3n) is 6.75. The Bertz CT molecular complexity index is 1490. The molecule has 188 valence electrons. The number of rotatable bonds is 6. The monoisotopic (exact) mass is 495 g/mol. The van der Waals surface area contributed by atoms with Crippen LogP contribution in [0.1, 0.15) is 34.1 Å². The zero-order valence-electron chi connectivity index (χ0n) is 21.4. The molecule has 0 spiro atoms. The number of amides is 1. The van der Waals surface area contributed by atoms with E-state index in [0.717, 1.165) is 44.2 Å². The van der Waals surface area contributed by atoms with Gasteiger partial charge in [-0.15, -0.1) is 0 Å². The van der Waals surface area contributed by atoms with Crippen molar-refractivity contribution in [2.24, 2.45) is 0 Å². The summed E-state index contributed by atoms with van der Waals surface area (Å²) in [5.41, 5.74) is 5.74. The predicted molar refractivity (Wildman–Crippen MR) is 143 cm³/mol. The fraction of sp³-hybridized carbons (Fsp3) is 0.241. The second kappa shape index (κ2) is 9.89. The maximum atomic E-state index is 13.3. The fourth-order valence-electron chi connectivity index (χ4n) is 4.69. The van der Waals surface area contributed by atoms with Gasteiger partial charge in [0.05, 0.1) is 17.9 Å². The van der Waals surface area contributed by atoms with Gasteiger partial charge in [-0.2, -0.15) is 4.73 Å². The number of hydrogen-bond acceptors (Lipinski definition) is 6. The average molecular weight is 496 g/mol. The Morgan fingerprint density at radius 1 is 1.03 bits per heavy atom. The number of ether oxygens (including phenoxy) is 1. The topological polar surface area (TPSA) is 85.5 Å². The van der Waals surface area contributed by atoms with E-state index in [-0.39, 0.29) is 5.91 Å². The van der Waals surface area contributed by atoms with Crippen LogP contribution in [0.3, 0.4) is 0 Å². The lowest BCUT2D eigenvalue weighted by molar-refractivity contribution is -0.611. The van der Waals surface area contributed by atoms with Gasteiger partial charge in [0.25, 0.3) is 5.91 Å². The summed E-state index contributed by atoms with van der Waals surface area (Å²) in [6.07, 6.45) is 5.63. The van der Waals surface area contributed by atoms with Crippen molar-refractivity contribution in [1.29, 1.82) is 0 Å². The summed E-state index contributed by atoms with van der Waals surface area (Å²) in [4.78, 5) is 26.1. The summed E-state index contributed by atoms with van der Waals surface area (Å²) in [5, 5.41) is 11.9. The zero-order valence-corrected chi connectivity index (χ0v) is 21.4. The van der Waals surface area contributed by atoms with Gasteiger partial charge >= 0.3 is 0 Å². The molecule has 0 radical (unpaired) electrons. The van der Waals surface area contributed by atoms with Crippen molar-refractivity contribution < 1.29 is 14.3 Å². The Morgan fingerprint density at radius 2 is 1.86 bits per heavy atom. The zero-order chi connectivity index (χ0) is 26.1. The molecule has 1 amide bonds. The van der Waals surface area contributed by atoms with Gasteiger partial charge in [0.1, 0.15) is 11.6 Å². The number of carbonyl (C=O) groups excluding carboxylic acids is 1. The van der Waals surface area contributed by atoms with Crippen LogP contribution in [0, 0.1) is 19.1 Å². The minimum Gasteiger partial charge on any atom is -0.618 e. The molecule has 0 fully saturated rings. The van der Waals surface area contributed by atoms with E-state index in [2.05, 4.69) is 9.97 Å². The van der Waals surface area contributed by atoms with Gasteiger partial charge in [-0.3, -0.25) is 4.79 Å². The van der Waals surface area contributed by atoms with Crippen LogP contribution in [0.5, 0.6) is 5.75 Å². The molecule has 4 heterocycles. The molecule has 1 aliphatic rings. The van der Waals surface area contributed by atoms with E-state index in [1.165, 1.54) is 6.20 Å². The van der Waals surface area contributed by atoms with Crippen LogP contribution in [-0.4, -0.2) is 36.1 Å². The van der Waals surface area contributed by atoms with Gasteiger partial charge < -0.3 is 19.7 Å². The van der Waals surface area contributed by atoms with E-state index < -0.39 is 0 Å². The van der Waals surface area contributed by atoms with Gasteiger partial charge in [0, 0.05) is 51.0 Å². The van der Waals surface area contributed by atoms with Crippen molar-refractivity contribution in [2.45, 2.75) is 27.2 Å². The molecule has 37 heavy (non-hydrogen) atoms. The molecule has 0 unspecified atom stereocenters. The Labute approximate surface area is 216 Å². The number of anilines is 3. The van der Waals surface area contributed by atoms with E-state index >= 15 is 0 Å². The quantitative estimate of drug-likeness (QED) is 0.283. The number of carbonyl (C=O) groups is 1. The maximum Gasteiger partial charge on any atom is 0.261 e. The first-order valence-corrected chi connectivity index (χ1v) is 12.3. The van der Waals surface area contributed by atoms with Crippen molar-refractivity contribution in [3.8, 4) is 16.9 Å². The van der Waals surface area contributed by atoms with Crippen LogP contribution in [-0.2, 0) is 6.42 Å². The van der Waals surface area contributed by atoms with Crippen LogP contribution < -0.4 is 19.3 Å². The van der Waals surface area contributed by atoms with Crippen molar-refractivity contribution >= 4 is 23.2 Å². The molecule has 0 atom stereocenters. The lowest BCUT2D eigenvalue weighted by atomic mass is 10.0. The van der Waals surface area contributed by atoms with Crippen molar-refractivity contribution in [1.82, 2.24) is 9.97 Å². The molecule has 3 aromatic heterocycles. The third kappa shape index (κ3) is 4.46. The van der Waals surface area contributed by atoms with Crippen LogP contribution in [0.15, 0.2) is 67.1 Å².